The molecule has 178 valence electrons. The second-order valence-corrected chi connectivity index (χ2v) is 9.88. The fourth-order valence-electron chi connectivity index (χ4n) is 3.82. The number of hydrogen-bond donors (Lipinski definition) is 1. The molecule has 0 bridgehead atoms. The SMILES string of the molecule is CCCCCCCCCCCCCCc1ccc([O-])cc1Oc1cccc(S(=O)(=O)O)c1.[Na+]. The first-order chi connectivity index (χ1) is 15.4. The number of ether oxygens (including phenoxy) is 1. The van der Waals surface area contributed by atoms with Crippen molar-refractivity contribution in [1.29, 1.82) is 0 Å². The first-order valence-electron chi connectivity index (χ1n) is 12.0. The summed E-state index contributed by atoms with van der Waals surface area (Å²) in [6.45, 7) is 2.25. The number of benzene rings is 2. The van der Waals surface area contributed by atoms with Crippen LogP contribution in [0, 0.1) is 0 Å². The molecule has 0 spiro atoms. The fourth-order valence-corrected chi connectivity index (χ4v) is 4.33. The van der Waals surface area contributed by atoms with Crippen molar-refractivity contribution in [2.45, 2.75) is 95.3 Å². The number of unbranched alkanes of at least 4 members (excludes halogenated alkanes) is 11. The first kappa shape index (κ1) is 30.0. The maximum Gasteiger partial charge on any atom is 1.00 e. The van der Waals surface area contributed by atoms with Crippen LogP contribution in [0.2, 0.25) is 0 Å². The van der Waals surface area contributed by atoms with E-state index in [1.54, 1.807) is 12.1 Å². The average molecular weight is 485 g/mol. The van der Waals surface area contributed by atoms with Gasteiger partial charge < -0.3 is 9.84 Å². The minimum atomic E-state index is -4.31. The van der Waals surface area contributed by atoms with E-state index in [9.17, 15) is 18.1 Å². The molecule has 0 saturated carbocycles. The van der Waals surface area contributed by atoms with Gasteiger partial charge in [0.2, 0.25) is 0 Å². The van der Waals surface area contributed by atoms with Crippen LogP contribution >= 0.6 is 0 Å². The van der Waals surface area contributed by atoms with Crippen molar-refractivity contribution < 1.29 is 52.4 Å². The monoisotopic (exact) mass is 484 g/mol. The largest absolute Gasteiger partial charge is 1.00 e. The predicted molar refractivity (Wildman–Crippen MR) is 127 cm³/mol. The smallest absolute Gasteiger partial charge is 0.872 e. The third-order valence-corrected chi connectivity index (χ3v) is 6.52. The van der Waals surface area contributed by atoms with Crippen LogP contribution in [0.25, 0.3) is 0 Å². The van der Waals surface area contributed by atoms with Gasteiger partial charge in [0.05, 0.1) is 4.90 Å². The van der Waals surface area contributed by atoms with Gasteiger partial charge >= 0.3 is 29.6 Å². The van der Waals surface area contributed by atoms with Crippen LogP contribution < -0.4 is 39.4 Å². The standard InChI is InChI=1S/C26H38O5S.Na/c1-2-3-4-5-6-7-8-9-10-11-12-13-15-22-18-19-23(27)20-26(22)31-24-16-14-17-25(21-24)32(28,29)30;/h14,16-21,27H,2-13,15H2,1H3,(H,28,29,30);/q;+1/p-1. The molecule has 0 unspecified atom stereocenters. The maximum atomic E-state index is 11.8. The first-order valence-corrected chi connectivity index (χ1v) is 13.4. The minimum absolute atomic E-state index is 0. The molecule has 2 rings (SSSR count). The van der Waals surface area contributed by atoms with E-state index in [0.29, 0.717) is 5.75 Å². The van der Waals surface area contributed by atoms with Gasteiger partial charge in [0.15, 0.2) is 0 Å². The second kappa shape index (κ2) is 16.6. The van der Waals surface area contributed by atoms with E-state index < -0.39 is 10.1 Å². The zero-order valence-corrected chi connectivity index (χ0v) is 23.0. The van der Waals surface area contributed by atoms with Crippen molar-refractivity contribution in [2.24, 2.45) is 0 Å². The summed E-state index contributed by atoms with van der Waals surface area (Å²) in [6, 6.07) is 10.4. The molecule has 2 aromatic rings. The van der Waals surface area contributed by atoms with Gasteiger partial charge in [-0.15, -0.1) is 5.75 Å². The van der Waals surface area contributed by atoms with E-state index in [1.165, 1.54) is 94.5 Å². The Bertz CT molecular complexity index is 915. The number of aryl methyl sites for hydroxylation is 1. The Morgan fingerprint density at radius 2 is 1.39 bits per heavy atom. The molecule has 7 heteroatoms. The van der Waals surface area contributed by atoms with Crippen LogP contribution in [0.3, 0.4) is 0 Å². The molecule has 0 saturated heterocycles. The molecule has 0 aliphatic rings. The van der Waals surface area contributed by atoms with Gasteiger partial charge in [-0.25, -0.2) is 0 Å². The third kappa shape index (κ3) is 12.3. The zero-order valence-electron chi connectivity index (χ0n) is 20.2. The summed E-state index contributed by atoms with van der Waals surface area (Å²) in [4.78, 5) is -0.240. The Labute approximate surface area is 222 Å². The van der Waals surface area contributed by atoms with Crippen LogP contribution in [-0.4, -0.2) is 13.0 Å². The van der Waals surface area contributed by atoms with Crippen LogP contribution in [0.15, 0.2) is 47.4 Å². The Balaban J connectivity index is 0.00000544. The van der Waals surface area contributed by atoms with Gasteiger partial charge in [-0.2, -0.15) is 8.42 Å². The predicted octanol–water partition coefficient (Wildman–Crippen LogP) is 4.05. The molecule has 0 aliphatic carbocycles. The number of rotatable bonds is 16. The van der Waals surface area contributed by atoms with Crippen molar-refractivity contribution in [1.82, 2.24) is 0 Å². The molecule has 0 aliphatic heterocycles. The van der Waals surface area contributed by atoms with Crippen molar-refractivity contribution in [3.63, 3.8) is 0 Å². The van der Waals surface area contributed by atoms with Crippen molar-refractivity contribution in [3.8, 4) is 17.2 Å². The van der Waals surface area contributed by atoms with Crippen LogP contribution in [0.4, 0.5) is 0 Å². The Kier molecular flexibility index (Phi) is 15.0. The van der Waals surface area contributed by atoms with Gasteiger partial charge in [0.1, 0.15) is 11.5 Å². The molecule has 0 heterocycles. The van der Waals surface area contributed by atoms with E-state index in [1.807, 2.05) is 0 Å². The molecule has 33 heavy (non-hydrogen) atoms. The third-order valence-electron chi connectivity index (χ3n) is 5.67. The van der Waals surface area contributed by atoms with Crippen molar-refractivity contribution in [2.75, 3.05) is 0 Å². The summed E-state index contributed by atoms with van der Waals surface area (Å²) in [7, 11) is -4.31. The van der Waals surface area contributed by atoms with Crippen molar-refractivity contribution in [3.05, 3.63) is 48.0 Å². The second-order valence-electron chi connectivity index (χ2n) is 8.46. The van der Waals surface area contributed by atoms with Gasteiger partial charge in [0.25, 0.3) is 10.1 Å². The van der Waals surface area contributed by atoms with Gasteiger partial charge in [-0.3, -0.25) is 4.55 Å². The summed E-state index contributed by atoms with van der Waals surface area (Å²) in [5, 5.41) is 11.8. The van der Waals surface area contributed by atoms with E-state index in [-0.39, 0.29) is 46.0 Å². The summed E-state index contributed by atoms with van der Waals surface area (Å²) < 4.78 is 37.7. The molecule has 5 nitrogen and oxygen atoms in total. The van der Waals surface area contributed by atoms with E-state index >= 15 is 0 Å². The summed E-state index contributed by atoms with van der Waals surface area (Å²) in [6.07, 6.45) is 16.2. The average Bonchev–Trinajstić information content (AvgIpc) is 2.75. The van der Waals surface area contributed by atoms with Gasteiger partial charge in [-0.05, 0) is 36.6 Å². The van der Waals surface area contributed by atoms with E-state index in [2.05, 4.69) is 6.92 Å². The molecule has 2 aromatic carbocycles. The summed E-state index contributed by atoms with van der Waals surface area (Å²) in [5.74, 6) is 0.541. The van der Waals surface area contributed by atoms with E-state index in [0.717, 1.165) is 24.8 Å². The van der Waals surface area contributed by atoms with Crippen molar-refractivity contribution >= 4 is 10.1 Å². The molecule has 1 N–H and O–H groups in total. The summed E-state index contributed by atoms with van der Waals surface area (Å²) in [5.41, 5.74) is 0.925. The van der Waals surface area contributed by atoms with Crippen LogP contribution in [0.5, 0.6) is 17.2 Å². The van der Waals surface area contributed by atoms with Crippen LogP contribution in [-0.2, 0) is 16.5 Å². The Morgan fingerprint density at radius 1 is 0.818 bits per heavy atom. The Morgan fingerprint density at radius 3 is 1.97 bits per heavy atom. The quantitative estimate of drug-likeness (QED) is 0.221. The molecular formula is C26H37NaO5S. The normalized spacial score (nSPS) is 11.2. The van der Waals surface area contributed by atoms with Gasteiger partial charge in [0, 0.05) is 6.07 Å². The van der Waals surface area contributed by atoms with Crippen LogP contribution in [0.1, 0.15) is 89.5 Å². The topological polar surface area (TPSA) is 86.7 Å². The zero-order chi connectivity index (χ0) is 23.2. The molecule has 0 fully saturated rings. The fraction of sp³-hybridized carbons (Fsp3) is 0.538. The molecule has 0 aromatic heterocycles. The Hall–Kier alpha value is -1.05. The van der Waals surface area contributed by atoms with Gasteiger partial charge in [-0.1, -0.05) is 95.8 Å². The molecular weight excluding hydrogens is 447 g/mol. The molecule has 0 atom stereocenters. The summed E-state index contributed by atoms with van der Waals surface area (Å²) >= 11 is 0. The minimum Gasteiger partial charge on any atom is -0.872 e. The maximum absolute atomic E-state index is 11.8. The number of hydrogen-bond acceptors (Lipinski definition) is 4. The van der Waals surface area contributed by atoms with E-state index in [4.69, 9.17) is 4.74 Å². The molecule has 0 radical (unpaired) electrons. The molecule has 0 amide bonds.